The molecular formula is C16H32N2O2. The molecule has 0 aliphatic carbocycles. The molecule has 1 unspecified atom stereocenters. The van der Waals surface area contributed by atoms with Crippen LogP contribution in [0.3, 0.4) is 0 Å². The van der Waals surface area contributed by atoms with Crippen molar-refractivity contribution in [1.82, 2.24) is 10.6 Å². The van der Waals surface area contributed by atoms with Crippen LogP contribution in [0.15, 0.2) is 0 Å². The molecule has 0 radical (unpaired) electrons. The summed E-state index contributed by atoms with van der Waals surface area (Å²) in [6.07, 6.45) is 5.30. The minimum absolute atomic E-state index is 0.197. The monoisotopic (exact) mass is 284 g/mol. The maximum absolute atomic E-state index is 11.8. The van der Waals surface area contributed by atoms with Gasteiger partial charge in [-0.15, -0.1) is 0 Å². The topological polar surface area (TPSA) is 50.4 Å². The van der Waals surface area contributed by atoms with E-state index in [0.717, 1.165) is 45.0 Å². The summed E-state index contributed by atoms with van der Waals surface area (Å²) >= 11 is 0. The smallest absolute Gasteiger partial charge is 0.220 e. The highest BCUT2D eigenvalue weighted by Gasteiger charge is 2.15. The van der Waals surface area contributed by atoms with E-state index in [1.54, 1.807) is 0 Å². The summed E-state index contributed by atoms with van der Waals surface area (Å²) in [6, 6.07) is 0. The van der Waals surface area contributed by atoms with Crippen molar-refractivity contribution in [3.8, 4) is 0 Å². The van der Waals surface area contributed by atoms with E-state index in [-0.39, 0.29) is 12.0 Å². The molecule has 0 aromatic carbocycles. The lowest BCUT2D eigenvalue weighted by atomic mass is 9.93. The molecule has 1 fully saturated rings. The van der Waals surface area contributed by atoms with Crippen molar-refractivity contribution in [2.45, 2.75) is 59.0 Å². The Bertz CT molecular complexity index is 263. The third kappa shape index (κ3) is 7.25. The fourth-order valence-electron chi connectivity index (χ4n) is 2.77. The van der Waals surface area contributed by atoms with Crippen molar-refractivity contribution in [1.29, 1.82) is 0 Å². The average Bonchev–Trinajstić information content (AvgIpc) is 2.45. The molecule has 0 aromatic rings. The van der Waals surface area contributed by atoms with E-state index in [1.807, 2.05) is 6.92 Å². The van der Waals surface area contributed by atoms with Gasteiger partial charge in [-0.1, -0.05) is 13.8 Å². The van der Waals surface area contributed by atoms with Gasteiger partial charge >= 0.3 is 0 Å². The van der Waals surface area contributed by atoms with Crippen LogP contribution in [0.25, 0.3) is 0 Å². The molecule has 1 amide bonds. The molecule has 1 heterocycles. The normalized spacial score (nSPS) is 18.2. The SMILES string of the molecule is CCOC(CCNC(=O)CCC1CCNCC1)C(C)C. The van der Waals surface area contributed by atoms with Gasteiger partial charge in [0.2, 0.25) is 5.91 Å². The molecule has 1 aliphatic heterocycles. The van der Waals surface area contributed by atoms with Crippen LogP contribution in [0.2, 0.25) is 0 Å². The van der Waals surface area contributed by atoms with Crippen molar-refractivity contribution in [2.24, 2.45) is 11.8 Å². The van der Waals surface area contributed by atoms with Gasteiger partial charge in [0.15, 0.2) is 0 Å². The van der Waals surface area contributed by atoms with Gasteiger partial charge in [0.25, 0.3) is 0 Å². The highest BCUT2D eigenvalue weighted by atomic mass is 16.5. The summed E-state index contributed by atoms with van der Waals surface area (Å²) in [7, 11) is 0. The molecule has 1 saturated heterocycles. The number of carbonyl (C=O) groups is 1. The summed E-state index contributed by atoms with van der Waals surface area (Å²) in [5.41, 5.74) is 0. The highest BCUT2D eigenvalue weighted by molar-refractivity contribution is 5.75. The minimum atomic E-state index is 0.197. The van der Waals surface area contributed by atoms with E-state index in [2.05, 4.69) is 24.5 Å². The lowest BCUT2D eigenvalue weighted by molar-refractivity contribution is -0.121. The van der Waals surface area contributed by atoms with E-state index >= 15 is 0 Å². The van der Waals surface area contributed by atoms with Gasteiger partial charge in [0.1, 0.15) is 0 Å². The van der Waals surface area contributed by atoms with Crippen LogP contribution in [0, 0.1) is 11.8 Å². The second-order valence-electron chi connectivity index (χ2n) is 6.11. The lowest BCUT2D eigenvalue weighted by Gasteiger charge is -2.22. The quantitative estimate of drug-likeness (QED) is 0.683. The molecule has 0 bridgehead atoms. The molecule has 118 valence electrons. The summed E-state index contributed by atoms with van der Waals surface area (Å²) < 4.78 is 5.68. The molecule has 0 aromatic heterocycles. The van der Waals surface area contributed by atoms with Gasteiger partial charge in [-0.2, -0.15) is 0 Å². The number of carbonyl (C=O) groups excluding carboxylic acids is 1. The van der Waals surface area contributed by atoms with Crippen molar-refractivity contribution in [3.05, 3.63) is 0 Å². The number of ether oxygens (including phenoxy) is 1. The van der Waals surface area contributed by atoms with Crippen LogP contribution in [-0.2, 0) is 9.53 Å². The van der Waals surface area contributed by atoms with Crippen molar-refractivity contribution in [3.63, 3.8) is 0 Å². The van der Waals surface area contributed by atoms with Crippen LogP contribution < -0.4 is 10.6 Å². The maximum Gasteiger partial charge on any atom is 0.220 e. The third-order valence-electron chi connectivity index (χ3n) is 4.11. The molecule has 4 heteroatoms. The zero-order chi connectivity index (χ0) is 14.8. The number of hydrogen-bond donors (Lipinski definition) is 2. The first-order chi connectivity index (χ1) is 9.63. The van der Waals surface area contributed by atoms with Gasteiger partial charge in [-0.25, -0.2) is 0 Å². The summed E-state index contributed by atoms with van der Waals surface area (Å²) in [4.78, 5) is 11.8. The zero-order valence-corrected chi connectivity index (χ0v) is 13.4. The summed E-state index contributed by atoms with van der Waals surface area (Å²) in [5, 5.41) is 6.39. The summed E-state index contributed by atoms with van der Waals surface area (Å²) in [5.74, 6) is 1.43. The van der Waals surface area contributed by atoms with E-state index in [0.29, 0.717) is 12.3 Å². The van der Waals surface area contributed by atoms with E-state index in [4.69, 9.17) is 4.74 Å². The molecule has 2 N–H and O–H groups in total. The molecule has 20 heavy (non-hydrogen) atoms. The van der Waals surface area contributed by atoms with Gasteiger partial charge < -0.3 is 15.4 Å². The first-order valence-corrected chi connectivity index (χ1v) is 8.22. The van der Waals surface area contributed by atoms with Gasteiger partial charge in [0.05, 0.1) is 6.10 Å². The minimum Gasteiger partial charge on any atom is -0.378 e. The average molecular weight is 284 g/mol. The molecular weight excluding hydrogens is 252 g/mol. The second kappa shape index (κ2) is 10.2. The number of piperidine rings is 1. The van der Waals surface area contributed by atoms with Crippen molar-refractivity contribution < 1.29 is 9.53 Å². The van der Waals surface area contributed by atoms with Crippen LogP contribution in [0.4, 0.5) is 0 Å². The Morgan fingerprint density at radius 3 is 2.65 bits per heavy atom. The Kier molecular flexibility index (Phi) is 8.86. The zero-order valence-electron chi connectivity index (χ0n) is 13.4. The number of rotatable bonds is 9. The summed E-state index contributed by atoms with van der Waals surface area (Å²) in [6.45, 7) is 10.0. The van der Waals surface area contributed by atoms with Gasteiger partial charge in [0, 0.05) is 19.6 Å². The fourth-order valence-corrected chi connectivity index (χ4v) is 2.77. The van der Waals surface area contributed by atoms with E-state index in [9.17, 15) is 4.79 Å². The van der Waals surface area contributed by atoms with Crippen LogP contribution >= 0.6 is 0 Å². The Hall–Kier alpha value is -0.610. The number of hydrogen-bond acceptors (Lipinski definition) is 3. The largest absolute Gasteiger partial charge is 0.378 e. The van der Waals surface area contributed by atoms with E-state index < -0.39 is 0 Å². The Morgan fingerprint density at radius 2 is 2.05 bits per heavy atom. The Labute approximate surface area is 124 Å². The van der Waals surface area contributed by atoms with Crippen molar-refractivity contribution >= 4 is 5.91 Å². The Morgan fingerprint density at radius 1 is 1.35 bits per heavy atom. The molecule has 1 rings (SSSR count). The van der Waals surface area contributed by atoms with Gasteiger partial charge in [-0.05, 0) is 57.5 Å². The number of nitrogens with one attached hydrogen (secondary N) is 2. The fraction of sp³-hybridized carbons (Fsp3) is 0.938. The predicted octanol–water partition coefficient (Wildman–Crippen LogP) is 2.33. The Balaban J connectivity index is 2.09. The second-order valence-corrected chi connectivity index (χ2v) is 6.11. The lowest BCUT2D eigenvalue weighted by Crippen LogP contribution is -2.31. The molecule has 0 saturated carbocycles. The molecule has 1 aliphatic rings. The van der Waals surface area contributed by atoms with Crippen molar-refractivity contribution in [2.75, 3.05) is 26.2 Å². The maximum atomic E-state index is 11.8. The predicted molar refractivity (Wildman–Crippen MR) is 82.7 cm³/mol. The molecule has 4 nitrogen and oxygen atoms in total. The van der Waals surface area contributed by atoms with Crippen LogP contribution in [0.1, 0.15) is 52.9 Å². The van der Waals surface area contributed by atoms with E-state index in [1.165, 1.54) is 12.8 Å². The first-order valence-electron chi connectivity index (χ1n) is 8.22. The van der Waals surface area contributed by atoms with Gasteiger partial charge in [-0.3, -0.25) is 4.79 Å². The highest BCUT2D eigenvalue weighted by Crippen LogP contribution is 2.17. The molecule has 0 spiro atoms. The first kappa shape index (κ1) is 17.4. The molecule has 1 atom stereocenters. The van der Waals surface area contributed by atoms with Crippen LogP contribution in [-0.4, -0.2) is 38.3 Å². The van der Waals surface area contributed by atoms with Crippen LogP contribution in [0.5, 0.6) is 0 Å². The third-order valence-corrected chi connectivity index (χ3v) is 4.11. The number of amides is 1. The standard InChI is InChI=1S/C16H32N2O2/c1-4-20-15(13(2)3)9-12-18-16(19)6-5-14-7-10-17-11-8-14/h13-15,17H,4-12H2,1-3H3,(H,18,19).